The van der Waals surface area contributed by atoms with Gasteiger partial charge in [0.25, 0.3) is 0 Å². The molecule has 0 aliphatic carbocycles. The number of aliphatic hydroxyl groups excluding tert-OH is 2. The van der Waals surface area contributed by atoms with Crippen LogP contribution >= 0.6 is 23.2 Å². The Bertz CT molecular complexity index is 1700. The van der Waals surface area contributed by atoms with Crippen LogP contribution in [0.4, 0.5) is 0 Å². The van der Waals surface area contributed by atoms with Crippen LogP contribution in [-0.2, 0) is 0 Å². The van der Waals surface area contributed by atoms with Crippen molar-refractivity contribution in [2.24, 2.45) is 0 Å². The van der Waals surface area contributed by atoms with Gasteiger partial charge < -0.3 is 19.7 Å². The predicted octanol–water partition coefficient (Wildman–Crippen LogP) is 8.02. The SMILES string of the molecule is OCCOc1c2ccccc2c(-c2c3ccccc3c(OCCO)c3ccc(Cl)cc23)c2cc(Cl)ccc12. The summed E-state index contributed by atoms with van der Waals surface area (Å²) in [7, 11) is 0. The van der Waals surface area contributed by atoms with Gasteiger partial charge in [-0.1, -0.05) is 71.7 Å². The third-order valence-corrected chi connectivity index (χ3v) is 7.27. The summed E-state index contributed by atoms with van der Waals surface area (Å²) in [5.74, 6) is 1.42. The topological polar surface area (TPSA) is 58.9 Å². The summed E-state index contributed by atoms with van der Waals surface area (Å²) in [6, 6.07) is 27.8. The highest BCUT2D eigenvalue weighted by Gasteiger charge is 2.22. The predicted molar refractivity (Wildman–Crippen MR) is 157 cm³/mol. The Morgan fingerprint density at radius 3 is 1.24 bits per heavy atom. The third-order valence-electron chi connectivity index (χ3n) is 6.80. The summed E-state index contributed by atoms with van der Waals surface area (Å²) in [6.45, 7) is 0.182. The summed E-state index contributed by atoms with van der Waals surface area (Å²) < 4.78 is 12.2. The molecule has 0 bridgehead atoms. The first-order valence-corrected chi connectivity index (χ1v) is 13.1. The minimum Gasteiger partial charge on any atom is -0.490 e. The number of ether oxygens (including phenoxy) is 2. The van der Waals surface area contributed by atoms with Crippen molar-refractivity contribution in [3.05, 3.63) is 95.0 Å². The van der Waals surface area contributed by atoms with Gasteiger partial charge in [-0.2, -0.15) is 0 Å². The lowest BCUT2D eigenvalue weighted by Gasteiger charge is -2.22. The van der Waals surface area contributed by atoms with Crippen molar-refractivity contribution in [3.8, 4) is 22.6 Å². The minimum absolute atomic E-state index is 0.0890. The molecule has 0 radical (unpaired) electrons. The van der Waals surface area contributed by atoms with Crippen molar-refractivity contribution in [1.82, 2.24) is 0 Å². The zero-order valence-electron chi connectivity index (χ0n) is 20.4. The fourth-order valence-corrected chi connectivity index (χ4v) is 5.71. The summed E-state index contributed by atoms with van der Waals surface area (Å²) in [5, 5.41) is 27.8. The van der Waals surface area contributed by atoms with E-state index in [2.05, 4.69) is 12.1 Å². The summed E-state index contributed by atoms with van der Waals surface area (Å²) in [4.78, 5) is 0. The van der Waals surface area contributed by atoms with Crippen LogP contribution in [0, 0.1) is 0 Å². The zero-order chi connectivity index (χ0) is 26.2. The normalized spacial score (nSPS) is 11.6. The zero-order valence-corrected chi connectivity index (χ0v) is 21.9. The van der Waals surface area contributed by atoms with Gasteiger partial charge in [-0.3, -0.25) is 0 Å². The molecule has 6 aromatic rings. The summed E-state index contributed by atoms with van der Waals surface area (Å²) in [6.07, 6.45) is 0. The fraction of sp³-hybridized carbons (Fsp3) is 0.125. The first-order valence-electron chi connectivity index (χ1n) is 12.4. The van der Waals surface area contributed by atoms with Gasteiger partial charge >= 0.3 is 0 Å². The average Bonchev–Trinajstić information content (AvgIpc) is 2.94. The van der Waals surface area contributed by atoms with E-state index in [0.717, 1.165) is 54.2 Å². The van der Waals surface area contributed by atoms with Gasteiger partial charge in [-0.25, -0.2) is 0 Å². The molecule has 2 N–H and O–H groups in total. The number of hydrogen-bond donors (Lipinski definition) is 2. The van der Waals surface area contributed by atoms with E-state index in [1.54, 1.807) is 0 Å². The lowest BCUT2D eigenvalue weighted by Crippen LogP contribution is -2.04. The lowest BCUT2D eigenvalue weighted by atomic mass is 9.85. The van der Waals surface area contributed by atoms with Gasteiger partial charge in [-0.15, -0.1) is 0 Å². The van der Waals surface area contributed by atoms with Gasteiger partial charge in [0.05, 0.1) is 13.2 Å². The van der Waals surface area contributed by atoms with Gasteiger partial charge in [0.2, 0.25) is 0 Å². The van der Waals surface area contributed by atoms with E-state index in [1.165, 1.54) is 0 Å². The first kappa shape index (κ1) is 24.8. The van der Waals surface area contributed by atoms with Crippen LogP contribution in [0.25, 0.3) is 54.2 Å². The molecule has 0 atom stereocenters. The number of hydrogen-bond acceptors (Lipinski definition) is 4. The molecule has 0 aliphatic rings. The number of fused-ring (bicyclic) bond motifs is 4. The van der Waals surface area contributed by atoms with E-state index >= 15 is 0 Å². The molecule has 0 saturated carbocycles. The van der Waals surface area contributed by atoms with Crippen molar-refractivity contribution in [2.45, 2.75) is 0 Å². The second-order valence-electron chi connectivity index (χ2n) is 9.02. The average molecular weight is 543 g/mol. The van der Waals surface area contributed by atoms with Crippen molar-refractivity contribution in [3.63, 3.8) is 0 Å². The monoisotopic (exact) mass is 542 g/mol. The van der Waals surface area contributed by atoms with E-state index in [9.17, 15) is 10.2 Å². The molecular formula is C32H24Cl2O4. The first-order chi connectivity index (χ1) is 18.6. The highest BCUT2D eigenvalue weighted by molar-refractivity contribution is 6.34. The third kappa shape index (κ3) is 4.11. The number of benzene rings is 6. The smallest absolute Gasteiger partial charge is 0.135 e. The number of halogens is 2. The summed E-state index contributed by atoms with van der Waals surface area (Å²) in [5.41, 5.74) is 2.01. The Balaban J connectivity index is 1.86. The van der Waals surface area contributed by atoms with E-state index in [4.69, 9.17) is 32.7 Å². The molecule has 6 aromatic carbocycles. The van der Waals surface area contributed by atoms with Gasteiger partial charge in [0.1, 0.15) is 24.7 Å². The van der Waals surface area contributed by atoms with Crippen molar-refractivity contribution < 1.29 is 19.7 Å². The summed E-state index contributed by atoms with van der Waals surface area (Å²) >= 11 is 13.2. The Morgan fingerprint density at radius 1 is 0.474 bits per heavy atom. The highest BCUT2D eigenvalue weighted by Crippen LogP contribution is 2.50. The number of aliphatic hydroxyl groups is 2. The largest absolute Gasteiger partial charge is 0.490 e. The van der Waals surface area contributed by atoms with Gasteiger partial charge in [-0.05, 0) is 69.1 Å². The fourth-order valence-electron chi connectivity index (χ4n) is 5.37. The molecule has 6 rings (SSSR count). The van der Waals surface area contributed by atoms with Crippen molar-refractivity contribution >= 4 is 66.3 Å². The molecule has 0 fully saturated rings. The Kier molecular flexibility index (Phi) is 6.73. The molecule has 0 amide bonds. The van der Waals surface area contributed by atoms with Crippen LogP contribution in [0.2, 0.25) is 10.0 Å². The maximum Gasteiger partial charge on any atom is 0.135 e. The van der Waals surface area contributed by atoms with Crippen molar-refractivity contribution in [1.29, 1.82) is 0 Å². The molecule has 190 valence electrons. The molecule has 0 aliphatic heterocycles. The Labute approximate surface area is 229 Å². The minimum atomic E-state index is -0.0890. The second-order valence-corrected chi connectivity index (χ2v) is 9.90. The molecule has 0 aromatic heterocycles. The molecule has 0 unspecified atom stereocenters. The van der Waals surface area contributed by atoms with Crippen LogP contribution in [-0.4, -0.2) is 36.6 Å². The second kappa shape index (κ2) is 10.3. The molecule has 6 heteroatoms. The highest BCUT2D eigenvalue weighted by atomic mass is 35.5. The molecule has 4 nitrogen and oxygen atoms in total. The quantitative estimate of drug-likeness (QED) is 0.200. The standard InChI is InChI=1S/C32H24Cl2O4/c33-19-9-11-25-27(17-19)29(21-5-1-3-7-23(21)31(25)37-15-13-35)30-22-6-2-4-8-24(22)32(38-16-14-36)26-12-10-20(34)18-28(26)30/h1-12,17-18,35-36H,13-16H2. The van der Waals surface area contributed by atoms with Crippen LogP contribution in [0.3, 0.4) is 0 Å². The van der Waals surface area contributed by atoms with Gasteiger partial charge in [0.15, 0.2) is 0 Å². The van der Waals surface area contributed by atoms with Crippen LogP contribution in [0.5, 0.6) is 11.5 Å². The number of rotatable bonds is 7. The Hall–Kier alpha value is -3.54. The van der Waals surface area contributed by atoms with E-state index < -0.39 is 0 Å². The maximum atomic E-state index is 9.51. The molecule has 0 heterocycles. The lowest BCUT2D eigenvalue weighted by molar-refractivity contribution is 0.204. The van der Waals surface area contributed by atoms with Crippen LogP contribution in [0.15, 0.2) is 84.9 Å². The van der Waals surface area contributed by atoms with E-state index in [-0.39, 0.29) is 26.4 Å². The van der Waals surface area contributed by atoms with E-state index in [1.807, 2.05) is 72.8 Å². The van der Waals surface area contributed by atoms with Crippen molar-refractivity contribution in [2.75, 3.05) is 26.4 Å². The molecule has 0 saturated heterocycles. The van der Waals surface area contributed by atoms with Gasteiger partial charge in [0, 0.05) is 31.6 Å². The Morgan fingerprint density at radius 2 is 0.842 bits per heavy atom. The molecular weight excluding hydrogens is 519 g/mol. The van der Waals surface area contributed by atoms with E-state index in [0.29, 0.717) is 21.5 Å². The molecule has 0 spiro atoms. The van der Waals surface area contributed by atoms with Crippen LogP contribution in [0.1, 0.15) is 0 Å². The van der Waals surface area contributed by atoms with Crippen LogP contribution < -0.4 is 9.47 Å². The maximum absolute atomic E-state index is 9.51. The molecule has 38 heavy (non-hydrogen) atoms.